The molecule has 1 aromatic heterocycles. The van der Waals surface area contributed by atoms with Crippen molar-refractivity contribution in [2.75, 3.05) is 13.7 Å². The van der Waals surface area contributed by atoms with Crippen molar-refractivity contribution in [1.82, 2.24) is 15.2 Å². The highest BCUT2D eigenvalue weighted by atomic mass is 32.1. The smallest absolute Gasteiger partial charge is 0.271 e. The maximum Gasteiger partial charge on any atom is 0.271 e. The van der Waals surface area contributed by atoms with E-state index in [0.717, 1.165) is 11.1 Å². The molecule has 0 saturated heterocycles. The molecule has 0 unspecified atom stereocenters. The number of carbonyl (C=O) groups is 2. The highest BCUT2D eigenvalue weighted by molar-refractivity contribution is 7.09. The summed E-state index contributed by atoms with van der Waals surface area (Å²) in [5.74, 6) is -0.351. The molecule has 29 heavy (non-hydrogen) atoms. The molecule has 2 aromatic carbocycles. The van der Waals surface area contributed by atoms with E-state index in [1.54, 1.807) is 10.3 Å². The van der Waals surface area contributed by atoms with Crippen LogP contribution >= 0.6 is 11.3 Å². The van der Waals surface area contributed by atoms with Gasteiger partial charge in [0.25, 0.3) is 5.91 Å². The zero-order valence-corrected chi connectivity index (χ0v) is 17.0. The molecule has 0 aliphatic heterocycles. The molecule has 0 aliphatic rings. The molecule has 0 bridgehead atoms. The first-order valence-corrected chi connectivity index (χ1v) is 10.1. The van der Waals surface area contributed by atoms with Crippen LogP contribution in [0.2, 0.25) is 0 Å². The van der Waals surface area contributed by atoms with Gasteiger partial charge in [0, 0.05) is 25.6 Å². The summed E-state index contributed by atoms with van der Waals surface area (Å²) in [4.78, 5) is 30.9. The number of hydrogen-bond acceptors (Lipinski definition) is 5. The van der Waals surface area contributed by atoms with Crippen LogP contribution in [0, 0.1) is 0 Å². The summed E-state index contributed by atoms with van der Waals surface area (Å²) in [6, 6.07) is 19.5. The fourth-order valence-corrected chi connectivity index (χ4v) is 3.56. The Balaban J connectivity index is 1.63. The second-order valence-electron chi connectivity index (χ2n) is 6.46. The zero-order valence-electron chi connectivity index (χ0n) is 16.2. The van der Waals surface area contributed by atoms with Gasteiger partial charge in [0.1, 0.15) is 17.3 Å². The Labute approximate surface area is 174 Å². The van der Waals surface area contributed by atoms with Gasteiger partial charge in [-0.15, -0.1) is 11.3 Å². The normalized spacial score (nSPS) is 10.5. The number of benzene rings is 2. The Bertz CT molecular complexity index is 929. The quantitative estimate of drug-likeness (QED) is 0.589. The molecule has 0 radical (unpaired) electrons. The van der Waals surface area contributed by atoms with E-state index in [9.17, 15) is 9.59 Å². The van der Waals surface area contributed by atoms with E-state index < -0.39 is 0 Å². The maximum atomic E-state index is 12.5. The number of hydrogen-bond donors (Lipinski definition) is 1. The number of nitrogens with one attached hydrogen (secondary N) is 1. The predicted molar refractivity (Wildman–Crippen MR) is 112 cm³/mol. The van der Waals surface area contributed by atoms with Gasteiger partial charge in [-0.2, -0.15) is 0 Å². The van der Waals surface area contributed by atoms with Crippen LogP contribution in [0.3, 0.4) is 0 Å². The molecular formula is C22H23N3O3S. The van der Waals surface area contributed by atoms with Crippen LogP contribution < -0.4 is 5.32 Å². The summed E-state index contributed by atoms with van der Waals surface area (Å²) in [5.41, 5.74) is 2.41. The average Bonchev–Trinajstić information content (AvgIpc) is 3.22. The summed E-state index contributed by atoms with van der Waals surface area (Å²) in [7, 11) is 1.50. The number of ether oxygens (including phenoxy) is 1. The first kappa shape index (κ1) is 20.7. The average molecular weight is 410 g/mol. The molecule has 0 spiro atoms. The van der Waals surface area contributed by atoms with Crippen molar-refractivity contribution in [1.29, 1.82) is 0 Å². The van der Waals surface area contributed by atoms with Crippen LogP contribution in [0.4, 0.5) is 0 Å². The van der Waals surface area contributed by atoms with Gasteiger partial charge in [-0.3, -0.25) is 9.59 Å². The van der Waals surface area contributed by atoms with E-state index in [4.69, 9.17) is 4.74 Å². The van der Waals surface area contributed by atoms with E-state index in [1.807, 2.05) is 60.7 Å². The molecule has 0 aliphatic carbocycles. The van der Waals surface area contributed by atoms with Gasteiger partial charge in [0.15, 0.2) is 0 Å². The number of rotatable bonds is 9. The standard InChI is InChI=1S/C22H23N3O3S/c1-28-15-21(26)25(13-18-10-6-3-7-11-18)14-20-24-19(16-29-20)22(27)23-12-17-8-4-2-5-9-17/h2-11,16H,12-15H2,1H3,(H,23,27). The van der Waals surface area contributed by atoms with Gasteiger partial charge < -0.3 is 15.0 Å². The van der Waals surface area contributed by atoms with Crippen LogP contribution in [0.15, 0.2) is 66.0 Å². The Morgan fingerprint density at radius 1 is 1.00 bits per heavy atom. The topological polar surface area (TPSA) is 71.5 Å². The van der Waals surface area contributed by atoms with Crippen molar-refractivity contribution in [2.24, 2.45) is 0 Å². The lowest BCUT2D eigenvalue weighted by molar-refractivity contribution is -0.136. The van der Waals surface area contributed by atoms with E-state index >= 15 is 0 Å². The molecule has 3 rings (SSSR count). The second kappa shape index (κ2) is 10.5. The number of thiazole rings is 1. The number of methoxy groups -OCH3 is 1. The second-order valence-corrected chi connectivity index (χ2v) is 7.41. The molecule has 6 nitrogen and oxygen atoms in total. The molecule has 7 heteroatoms. The molecule has 150 valence electrons. The van der Waals surface area contributed by atoms with E-state index in [1.165, 1.54) is 18.4 Å². The summed E-state index contributed by atoms with van der Waals surface area (Å²) in [6.45, 7) is 1.23. The van der Waals surface area contributed by atoms with E-state index in [0.29, 0.717) is 30.3 Å². The Hall–Kier alpha value is -3.03. The number of carbonyl (C=O) groups excluding carboxylic acids is 2. The van der Waals surface area contributed by atoms with Crippen molar-refractivity contribution >= 4 is 23.2 Å². The van der Waals surface area contributed by atoms with Crippen molar-refractivity contribution in [2.45, 2.75) is 19.6 Å². The van der Waals surface area contributed by atoms with Crippen LogP contribution in [0.5, 0.6) is 0 Å². The lowest BCUT2D eigenvalue weighted by atomic mass is 10.2. The summed E-state index contributed by atoms with van der Waals surface area (Å²) in [6.07, 6.45) is 0. The molecule has 0 saturated carbocycles. The van der Waals surface area contributed by atoms with Crippen molar-refractivity contribution in [3.8, 4) is 0 Å². The minimum absolute atomic E-state index is 0.00261. The molecule has 0 atom stereocenters. The van der Waals surface area contributed by atoms with Crippen molar-refractivity contribution in [3.63, 3.8) is 0 Å². The zero-order chi connectivity index (χ0) is 20.5. The largest absolute Gasteiger partial charge is 0.375 e. The first-order valence-electron chi connectivity index (χ1n) is 9.23. The van der Waals surface area contributed by atoms with Gasteiger partial charge in [-0.05, 0) is 11.1 Å². The third-order valence-corrected chi connectivity index (χ3v) is 5.08. The van der Waals surface area contributed by atoms with Gasteiger partial charge in [-0.25, -0.2) is 4.98 Å². The Kier molecular flexibility index (Phi) is 7.49. The molecule has 1 heterocycles. The Morgan fingerprint density at radius 2 is 1.66 bits per heavy atom. The lowest BCUT2D eigenvalue weighted by Gasteiger charge is -2.21. The van der Waals surface area contributed by atoms with Crippen LogP contribution in [-0.4, -0.2) is 35.4 Å². The fraction of sp³-hybridized carbons (Fsp3) is 0.227. The monoisotopic (exact) mass is 409 g/mol. The number of amides is 2. The van der Waals surface area contributed by atoms with E-state index in [-0.39, 0.29) is 18.4 Å². The predicted octanol–water partition coefficient (Wildman–Crippen LogP) is 3.25. The van der Waals surface area contributed by atoms with E-state index in [2.05, 4.69) is 10.3 Å². The minimum Gasteiger partial charge on any atom is -0.375 e. The van der Waals surface area contributed by atoms with Crippen LogP contribution in [0.1, 0.15) is 26.6 Å². The van der Waals surface area contributed by atoms with Crippen LogP contribution in [0.25, 0.3) is 0 Å². The van der Waals surface area contributed by atoms with Gasteiger partial charge >= 0.3 is 0 Å². The Morgan fingerprint density at radius 3 is 2.31 bits per heavy atom. The molecule has 1 N–H and O–H groups in total. The molecule has 3 aromatic rings. The molecule has 0 fully saturated rings. The SMILES string of the molecule is COCC(=O)N(Cc1ccccc1)Cc1nc(C(=O)NCc2ccccc2)cs1. The first-order chi connectivity index (χ1) is 14.2. The fourth-order valence-electron chi connectivity index (χ4n) is 2.77. The highest BCUT2D eigenvalue weighted by Gasteiger charge is 2.18. The van der Waals surface area contributed by atoms with Crippen molar-refractivity contribution < 1.29 is 14.3 Å². The maximum absolute atomic E-state index is 12.5. The number of nitrogens with zero attached hydrogens (tertiary/aromatic N) is 2. The van der Waals surface area contributed by atoms with Gasteiger partial charge in [0.05, 0.1) is 6.54 Å². The third kappa shape index (κ3) is 6.23. The lowest BCUT2D eigenvalue weighted by Crippen LogP contribution is -2.33. The van der Waals surface area contributed by atoms with Gasteiger partial charge in [0.2, 0.25) is 5.91 Å². The number of aromatic nitrogens is 1. The summed E-state index contributed by atoms with van der Waals surface area (Å²) < 4.78 is 5.01. The highest BCUT2D eigenvalue weighted by Crippen LogP contribution is 2.15. The minimum atomic E-state index is -0.228. The molecular weight excluding hydrogens is 386 g/mol. The summed E-state index contributed by atoms with van der Waals surface area (Å²) >= 11 is 1.37. The van der Waals surface area contributed by atoms with Gasteiger partial charge in [-0.1, -0.05) is 60.7 Å². The molecule has 2 amide bonds. The third-order valence-electron chi connectivity index (χ3n) is 4.24. The van der Waals surface area contributed by atoms with Crippen molar-refractivity contribution in [3.05, 3.63) is 87.9 Å². The summed E-state index contributed by atoms with van der Waals surface area (Å²) in [5, 5.41) is 5.29. The van der Waals surface area contributed by atoms with Crippen LogP contribution in [-0.2, 0) is 29.2 Å².